The molecule has 0 aromatic carbocycles. The van der Waals surface area contributed by atoms with Crippen LogP contribution in [0.15, 0.2) is 0 Å². The van der Waals surface area contributed by atoms with Crippen LogP contribution in [0.2, 0.25) is 0 Å². The summed E-state index contributed by atoms with van der Waals surface area (Å²) in [7, 11) is 0. The fourth-order valence-electron chi connectivity index (χ4n) is 8.04. The number of hydrogen-bond donors (Lipinski definition) is 1. The molecule has 0 spiro atoms. The van der Waals surface area contributed by atoms with E-state index in [0.29, 0.717) is 26.2 Å². The van der Waals surface area contributed by atoms with Gasteiger partial charge in [-0.05, 0) is 104 Å². The van der Waals surface area contributed by atoms with Crippen molar-refractivity contribution in [2.24, 2.45) is 5.41 Å². The molecule has 0 radical (unpaired) electrons. The van der Waals surface area contributed by atoms with Crippen LogP contribution in [0.25, 0.3) is 0 Å². The molecule has 0 aromatic heterocycles. The second-order valence-corrected chi connectivity index (χ2v) is 19.4. The van der Waals surface area contributed by atoms with Crippen LogP contribution in [0, 0.1) is 5.41 Å². The zero-order chi connectivity index (χ0) is 44.0. The average molecular weight is 851 g/mol. The molecule has 0 unspecified atom stereocenters. The molecule has 9 heteroatoms. The Morgan fingerprint density at radius 2 is 0.983 bits per heavy atom. The van der Waals surface area contributed by atoms with E-state index in [1.807, 2.05) is 20.8 Å². The summed E-state index contributed by atoms with van der Waals surface area (Å²) in [6.45, 7) is 17.0. The number of esters is 1. The molecule has 0 saturated heterocycles. The number of carbonyl (C=O) groups excluding carboxylic acids is 3. The van der Waals surface area contributed by atoms with E-state index in [0.717, 1.165) is 116 Å². The molecule has 1 amide bonds. The molecule has 60 heavy (non-hydrogen) atoms. The van der Waals surface area contributed by atoms with Gasteiger partial charge >= 0.3 is 18.2 Å². The second kappa shape index (κ2) is 37.5. The molecular weight excluding hydrogens is 753 g/mol. The van der Waals surface area contributed by atoms with Gasteiger partial charge in [-0.25, -0.2) is 9.59 Å². The first kappa shape index (κ1) is 56.0. The van der Waals surface area contributed by atoms with Crippen LogP contribution in [0.4, 0.5) is 9.59 Å². The summed E-state index contributed by atoms with van der Waals surface area (Å²) >= 11 is 0. The van der Waals surface area contributed by atoms with Crippen LogP contribution in [0.1, 0.15) is 253 Å². The molecule has 0 heterocycles. The average Bonchev–Trinajstić information content (AvgIpc) is 3.98. The smallest absolute Gasteiger partial charge is 0.462 e. The van der Waals surface area contributed by atoms with Gasteiger partial charge in [-0.1, -0.05) is 156 Å². The third-order valence-corrected chi connectivity index (χ3v) is 12.0. The summed E-state index contributed by atoms with van der Waals surface area (Å²) < 4.78 is 22.2. The highest BCUT2D eigenvalue weighted by Gasteiger charge is 2.44. The predicted molar refractivity (Wildman–Crippen MR) is 250 cm³/mol. The number of carbonyl (C=O) groups is 3. The number of nitrogens with zero attached hydrogens (tertiary/aromatic N) is 1. The predicted octanol–water partition coefficient (Wildman–Crippen LogP) is 14.8. The van der Waals surface area contributed by atoms with E-state index in [1.54, 1.807) is 0 Å². The van der Waals surface area contributed by atoms with E-state index < -0.39 is 11.8 Å². The van der Waals surface area contributed by atoms with Crippen molar-refractivity contribution in [2.75, 3.05) is 39.4 Å². The normalized spacial score (nSPS) is 13.5. The van der Waals surface area contributed by atoms with Crippen molar-refractivity contribution in [3.05, 3.63) is 0 Å². The molecule has 1 aliphatic rings. The summed E-state index contributed by atoms with van der Waals surface area (Å²) in [5.74, 6) is 0.00293. The van der Waals surface area contributed by atoms with Crippen molar-refractivity contribution >= 4 is 18.2 Å². The summed E-state index contributed by atoms with van der Waals surface area (Å²) in [5.41, 5.74) is -0.378. The van der Waals surface area contributed by atoms with Gasteiger partial charge in [-0.15, -0.1) is 0 Å². The fraction of sp³-hybridized carbons (Fsp3) is 0.941. The molecular formula is C51H98N2O7. The zero-order valence-electron chi connectivity index (χ0n) is 40.5. The lowest BCUT2D eigenvalue weighted by Crippen LogP contribution is -2.40. The van der Waals surface area contributed by atoms with E-state index in [-0.39, 0.29) is 23.6 Å². The molecule has 0 aliphatic heterocycles. The molecule has 1 rings (SSSR count). The summed E-state index contributed by atoms with van der Waals surface area (Å²) in [4.78, 5) is 39.9. The van der Waals surface area contributed by atoms with E-state index in [1.165, 1.54) is 109 Å². The Balaban J connectivity index is 2.42. The Kier molecular flexibility index (Phi) is 35.0. The minimum absolute atomic E-state index is 0.00293. The zero-order valence-corrected chi connectivity index (χ0v) is 40.5. The van der Waals surface area contributed by atoms with Gasteiger partial charge in [0.2, 0.25) is 0 Å². The van der Waals surface area contributed by atoms with Crippen LogP contribution < -0.4 is 5.32 Å². The first-order chi connectivity index (χ1) is 29.0. The van der Waals surface area contributed by atoms with Crippen LogP contribution in [-0.2, 0) is 23.7 Å². The third kappa shape index (κ3) is 35.6. The van der Waals surface area contributed by atoms with Gasteiger partial charge < -0.3 is 29.2 Å². The van der Waals surface area contributed by atoms with Gasteiger partial charge in [-0.3, -0.25) is 4.79 Å². The monoisotopic (exact) mass is 851 g/mol. The number of nitrogens with one attached hydrogen (secondary N) is 1. The molecule has 354 valence electrons. The third-order valence-electron chi connectivity index (χ3n) is 12.0. The van der Waals surface area contributed by atoms with E-state index >= 15 is 0 Å². The van der Waals surface area contributed by atoms with Crippen molar-refractivity contribution in [1.29, 1.82) is 0 Å². The summed E-state index contributed by atoms with van der Waals surface area (Å²) in [6, 6.07) is 0. The molecule has 0 atom stereocenters. The molecule has 1 N–H and O–H groups in total. The lowest BCUT2D eigenvalue weighted by Gasteiger charge is -2.28. The van der Waals surface area contributed by atoms with E-state index in [4.69, 9.17) is 18.9 Å². The molecule has 0 aromatic rings. The van der Waals surface area contributed by atoms with Crippen molar-refractivity contribution in [3.8, 4) is 0 Å². The van der Waals surface area contributed by atoms with Crippen molar-refractivity contribution in [2.45, 2.75) is 265 Å². The van der Waals surface area contributed by atoms with Crippen LogP contribution in [0.5, 0.6) is 0 Å². The Bertz CT molecular complexity index is 1010. The standard InChI is InChI=1S/C51H98N2O7/c1-7-10-13-16-19-26-33-42-57-49(56)58-43-34-27-25-32-41-53(45-51(38-39-51)44-52-48(55)60-50(4,5)6)40-31-24-20-23-30-37-47(54)59-46(35-28-21-17-14-11-8-2)36-29-22-18-15-12-9-3/h46H,7-45H2,1-6H3,(H,52,55). The summed E-state index contributed by atoms with van der Waals surface area (Å²) in [5, 5.41) is 3.05. The second-order valence-electron chi connectivity index (χ2n) is 19.4. The van der Waals surface area contributed by atoms with Crippen LogP contribution in [-0.4, -0.2) is 74.2 Å². The highest BCUT2D eigenvalue weighted by atomic mass is 16.7. The molecule has 9 nitrogen and oxygen atoms in total. The van der Waals surface area contributed by atoms with Gasteiger partial charge in [0.05, 0.1) is 13.2 Å². The molecule has 1 fully saturated rings. The van der Waals surface area contributed by atoms with E-state index in [9.17, 15) is 14.4 Å². The Labute approximate surface area is 370 Å². The minimum Gasteiger partial charge on any atom is -0.462 e. The summed E-state index contributed by atoms with van der Waals surface area (Å²) in [6.07, 6.45) is 37.1. The Morgan fingerprint density at radius 1 is 0.567 bits per heavy atom. The fourth-order valence-corrected chi connectivity index (χ4v) is 8.04. The lowest BCUT2D eigenvalue weighted by molar-refractivity contribution is -0.150. The number of amides is 1. The first-order valence-electron chi connectivity index (χ1n) is 25.7. The van der Waals surface area contributed by atoms with Gasteiger partial charge in [-0.2, -0.15) is 0 Å². The van der Waals surface area contributed by atoms with Gasteiger partial charge in [0.25, 0.3) is 0 Å². The maximum atomic E-state index is 12.9. The number of rotatable bonds is 42. The Morgan fingerprint density at radius 3 is 1.43 bits per heavy atom. The van der Waals surface area contributed by atoms with Crippen LogP contribution >= 0.6 is 0 Å². The SMILES string of the molecule is CCCCCCCCCOC(=O)OCCCCCCN(CCCCCCCC(=O)OC(CCCCCCCC)CCCCCCCC)CC1(CNC(=O)OC(C)(C)C)CC1. The maximum Gasteiger partial charge on any atom is 0.508 e. The lowest BCUT2D eigenvalue weighted by atomic mass is 10.0. The van der Waals surface area contributed by atoms with E-state index in [2.05, 4.69) is 31.0 Å². The highest BCUT2D eigenvalue weighted by molar-refractivity contribution is 5.69. The van der Waals surface area contributed by atoms with Crippen LogP contribution in [0.3, 0.4) is 0 Å². The number of alkyl carbamates (subject to hydrolysis) is 1. The Hall–Kier alpha value is -2.03. The maximum absolute atomic E-state index is 12.9. The highest BCUT2D eigenvalue weighted by Crippen LogP contribution is 2.46. The first-order valence-corrected chi connectivity index (χ1v) is 25.7. The van der Waals surface area contributed by atoms with Crippen molar-refractivity contribution < 1.29 is 33.3 Å². The minimum atomic E-state index is -0.534. The topological polar surface area (TPSA) is 103 Å². The van der Waals surface area contributed by atoms with Gasteiger partial charge in [0.15, 0.2) is 0 Å². The molecule has 1 aliphatic carbocycles. The van der Waals surface area contributed by atoms with Crippen molar-refractivity contribution in [3.63, 3.8) is 0 Å². The molecule has 0 bridgehead atoms. The quantitative estimate of drug-likeness (QED) is 0.0368. The number of hydrogen-bond acceptors (Lipinski definition) is 8. The molecule has 1 saturated carbocycles. The largest absolute Gasteiger partial charge is 0.508 e. The van der Waals surface area contributed by atoms with Gasteiger partial charge in [0.1, 0.15) is 11.7 Å². The number of unbranched alkanes of at least 4 members (excludes halogenated alkanes) is 23. The van der Waals surface area contributed by atoms with Gasteiger partial charge in [0, 0.05) is 24.9 Å². The number of ether oxygens (including phenoxy) is 4. The van der Waals surface area contributed by atoms with Crippen molar-refractivity contribution in [1.82, 2.24) is 10.2 Å².